The fraction of sp³-hybridized carbons (Fsp3) is 0.240. The Morgan fingerprint density at radius 1 is 1.15 bits per heavy atom. The van der Waals surface area contributed by atoms with E-state index in [-0.39, 0.29) is 30.1 Å². The number of hydrogen-bond acceptors (Lipinski definition) is 6. The molecule has 1 amide bonds. The molecular formula is C25H23FN4O2S2. The molecule has 2 heterocycles. The lowest BCUT2D eigenvalue weighted by molar-refractivity contribution is -0.129. The van der Waals surface area contributed by atoms with Gasteiger partial charge in [0.25, 0.3) is 0 Å². The number of aromatic nitrogens is 3. The monoisotopic (exact) mass is 494 g/mol. The summed E-state index contributed by atoms with van der Waals surface area (Å²) in [5.74, 6) is 1.24. The van der Waals surface area contributed by atoms with Gasteiger partial charge in [0.2, 0.25) is 5.91 Å². The largest absolute Gasteiger partial charge is 0.495 e. The molecule has 0 aliphatic heterocycles. The number of ether oxygens (including phenoxy) is 1. The minimum Gasteiger partial charge on any atom is -0.495 e. The van der Waals surface area contributed by atoms with Crippen LogP contribution in [-0.4, -0.2) is 44.5 Å². The van der Waals surface area contributed by atoms with E-state index in [1.54, 1.807) is 41.5 Å². The molecule has 1 aliphatic carbocycles. The maximum atomic E-state index is 14.2. The van der Waals surface area contributed by atoms with Crippen molar-refractivity contribution in [2.24, 2.45) is 0 Å². The second-order valence-corrected chi connectivity index (χ2v) is 9.81. The van der Waals surface area contributed by atoms with Crippen molar-refractivity contribution < 1.29 is 13.9 Å². The van der Waals surface area contributed by atoms with Gasteiger partial charge in [-0.25, -0.2) is 4.39 Å². The molecule has 2 aromatic carbocycles. The second kappa shape index (κ2) is 9.99. The quantitative estimate of drug-likeness (QED) is 0.291. The maximum Gasteiger partial charge on any atom is 0.233 e. The summed E-state index contributed by atoms with van der Waals surface area (Å²) >= 11 is 2.90. The molecule has 1 fully saturated rings. The summed E-state index contributed by atoms with van der Waals surface area (Å²) in [7, 11) is 1.63. The molecule has 4 aromatic rings. The number of thiophene rings is 1. The summed E-state index contributed by atoms with van der Waals surface area (Å²) in [6, 6.07) is 18.4. The van der Waals surface area contributed by atoms with Gasteiger partial charge in [-0.3, -0.25) is 9.36 Å². The Balaban J connectivity index is 1.41. The summed E-state index contributed by atoms with van der Waals surface area (Å²) in [5.41, 5.74) is 1.34. The lowest BCUT2D eigenvalue weighted by Crippen LogP contribution is -2.34. The lowest BCUT2D eigenvalue weighted by atomic mass is 10.2. The Morgan fingerprint density at radius 2 is 1.94 bits per heavy atom. The number of para-hydroxylation sites is 2. The summed E-state index contributed by atoms with van der Waals surface area (Å²) in [4.78, 5) is 16.0. The van der Waals surface area contributed by atoms with E-state index in [1.165, 1.54) is 17.8 Å². The Hall–Kier alpha value is -3.17. The number of amides is 1. The number of carbonyl (C=O) groups excluding carboxylic acids is 1. The molecule has 0 bridgehead atoms. The van der Waals surface area contributed by atoms with Crippen LogP contribution in [0.2, 0.25) is 0 Å². The van der Waals surface area contributed by atoms with Gasteiger partial charge in [-0.15, -0.1) is 21.5 Å². The number of carbonyl (C=O) groups is 1. The molecule has 0 saturated heterocycles. The van der Waals surface area contributed by atoms with Gasteiger partial charge >= 0.3 is 0 Å². The van der Waals surface area contributed by atoms with E-state index in [1.807, 2.05) is 46.3 Å². The number of hydrogen-bond donors (Lipinski definition) is 0. The van der Waals surface area contributed by atoms with E-state index in [4.69, 9.17) is 4.74 Å². The third kappa shape index (κ3) is 4.71. The number of methoxy groups -OCH3 is 1. The van der Waals surface area contributed by atoms with Gasteiger partial charge in [0.15, 0.2) is 11.0 Å². The molecule has 174 valence electrons. The SMILES string of the molecule is COc1ccccc1-n1c(SCC(=O)N(Cc2ccccc2F)C2CC2)nnc1-c1cccs1. The van der Waals surface area contributed by atoms with Crippen LogP contribution < -0.4 is 4.74 Å². The fourth-order valence-corrected chi connectivity index (χ4v) is 5.32. The highest BCUT2D eigenvalue weighted by molar-refractivity contribution is 7.99. The van der Waals surface area contributed by atoms with Gasteiger partial charge in [-0.05, 0) is 42.5 Å². The van der Waals surface area contributed by atoms with Crippen molar-refractivity contribution in [2.45, 2.75) is 30.6 Å². The van der Waals surface area contributed by atoms with Crippen LogP contribution in [0.3, 0.4) is 0 Å². The van der Waals surface area contributed by atoms with Gasteiger partial charge in [0.1, 0.15) is 11.6 Å². The second-order valence-electron chi connectivity index (χ2n) is 7.92. The van der Waals surface area contributed by atoms with E-state index in [2.05, 4.69) is 10.2 Å². The van der Waals surface area contributed by atoms with Crippen molar-refractivity contribution in [2.75, 3.05) is 12.9 Å². The van der Waals surface area contributed by atoms with Gasteiger partial charge in [0, 0.05) is 18.2 Å². The normalized spacial score (nSPS) is 13.1. The number of benzene rings is 2. The molecule has 9 heteroatoms. The Kier molecular flexibility index (Phi) is 6.64. The molecular weight excluding hydrogens is 471 g/mol. The molecule has 1 saturated carbocycles. The predicted octanol–water partition coefficient (Wildman–Crippen LogP) is 5.43. The maximum absolute atomic E-state index is 14.2. The third-order valence-electron chi connectivity index (χ3n) is 5.63. The topological polar surface area (TPSA) is 60.2 Å². The van der Waals surface area contributed by atoms with Crippen LogP contribution in [0.4, 0.5) is 4.39 Å². The van der Waals surface area contributed by atoms with Crippen LogP contribution in [0.5, 0.6) is 5.75 Å². The van der Waals surface area contributed by atoms with E-state index in [0.717, 1.165) is 23.4 Å². The molecule has 1 aliphatic rings. The van der Waals surface area contributed by atoms with E-state index < -0.39 is 0 Å². The molecule has 5 rings (SSSR count). The third-order valence-corrected chi connectivity index (χ3v) is 7.41. The first-order valence-electron chi connectivity index (χ1n) is 10.9. The summed E-state index contributed by atoms with van der Waals surface area (Å²) in [6.45, 7) is 0.274. The van der Waals surface area contributed by atoms with Crippen LogP contribution in [0.1, 0.15) is 18.4 Å². The molecule has 0 spiro atoms. The van der Waals surface area contributed by atoms with Gasteiger partial charge in [0.05, 0.1) is 23.4 Å². The number of thioether (sulfide) groups is 1. The zero-order valence-electron chi connectivity index (χ0n) is 18.6. The predicted molar refractivity (Wildman–Crippen MR) is 132 cm³/mol. The number of rotatable bonds is 9. The van der Waals surface area contributed by atoms with E-state index >= 15 is 0 Å². The molecule has 0 unspecified atom stereocenters. The fourth-order valence-electron chi connectivity index (χ4n) is 3.79. The van der Waals surface area contributed by atoms with Crippen molar-refractivity contribution >= 4 is 29.0 Å². The first kappa shape index (κ1) is 22.6. The van der Waals surface area contributed by atoms with Gasteiger partial charge in [-0.1, -0.05) is 48.2 Å². The average molecular weight is 495 g/mol. The highest BCUT2D eigenvalue weighted by Crippen LogP contribution is 2.35. The zero-order valence-corrected chi connectivity index (χ0v) is 20.2. The van der Waals surface area contributed by atoms with Crippen LogP contribution >= 0.6 is 23.1 Å². The molecule has 2 aromatic heterocycles. The minimum absolute atomic E-state index is 0.0389. The molecule has 0 radical (unpaired) electrons. The molecule has 34 heavy (non-hydrogen) atoms. The lowest BCUT2D eigenvalue weighted by Gasteiger charge is -2.22. The summed E-state index contributed by atoms with van der Waals surface area (Å²) in [5, 5.41) is 11.4. The first-order valence-corrected chi connectivity index (χ1v) is 12.8. The minimum atomic E-state index is -0.287. The highest BCUT2D eigenvalue weighted by Gasteiger charge is 2.33. The Morgan fingerprint density at radius 3 is 2.68 bits per heavy atom. The number of halogens is 1. The smallest absolute Gasteiger partial charge is 0.233 e. The van der Waals surface area contributed by atoms with Crippen LogP contribution in [0, 0.1) is 5.82 Å². The summed E-state index contributed by atoms with van der Waals surface area (Å²) < 4.78 is 21.7. The first-order chi connectivity index (χ1) is 16.7. The average Bonchev–Trinajstić information content (AvgIpc) is 3.38. The van der Waals surface area contributed by atoms with Crippen molar-refractivity contribution in [1.29, 1.82) is 0 Å². The molecule has 0 atom stereocenters. The zero-order chi connectivity index (χ0) is 23.5. The molecule has 6 nitrogen and oxygen atoms in total. The van der Waals surface area contributed by atoms with Crippen LogP contribution in [-0.2, 0) is 11.3 Å². The van der Waals surface area contributed by atoms with Crippen LogP contribution in [0.25, 0.3) is 16.4 Å². The van der Waals surface area contributed by atoms with Crippen LogP contribution in [0.15, 0.2) is 71.2 Å². The number of nitrogens with zero attached hydrogens (tertiary/aromatic N) is 4. The molecule has 0 N–H and O–H groups in total. The highest BCUT2D eigenvalue weighted by atomic mass is 32.2. The van der Waals surface area contributed by atoms with E-state index in [9.17, 15) is 9.18 Å². The van der Waals surface area contributed by atoms with Crippen molar-refractivity contribution in [1.82, 2.24) is 19.7 Å². The van der Waals surface area contributed by atoms with E-state index in [0.29, 0.717) is 22.3 Å². The van der Waals surface area contributed by atoms with Gasteiger partial charge in [-0.2, -0.15) is 0 Å². The Bertz CT molecular complexity index is 1290. The van der Waals surface area contributed by atoms with Crippen molar-refractivity contribution in [3.8, 4) is 22.1 Å². The van der Waals surface area contributed by atoms with Crippen molar-refractivity contribution in [3.63, 3.8) is 0 Å². The van der Waals surface area contributed by atoms with Gasteiger partial charge < -0.3 is 9.64 Å². The Labute approximate surface area is 205 Å². The van der Waals surface area contributed by atoms with Crippen molar-refractivity contribution in [3.05, 3.63) is 77.4 Å². The standard InChI is InChI=1S/C25H23FN4O2S2/c1-32-21-10-5-4-9-20(21)30-24(22-11-6-14-33-22)27-28-25(30)34-16-23(31)29(18-12-13-18)15-17-7-2-3-8-19(17)26/h2-11,14,18H,12-13,15-16H2,1H3. The summed E-state index contributed by atoms with van der Waals surface area (Å²) in [6.07, 6.45) is 1.90.